The van der Waals surface area contributed by atoms with Gasteiger partial charge in [-0.15, -0.1) is 0 Å². The number of hydrogen-bond acceptors (Lipinski definition) is 6. The van der Waals surface area contributed by atoms with Crippen LogP contribution in [0, 0.1) is 10.1 Å². The summed E-state index contributed by atoms with van der Waals surface area (Å²) in [5.74, 6) is 0.0356. The van der Waals surface area contributed by atoms with Crippen LogP contribution in [0.3, 0.4) is 0 Å². The number of amides is 1. The molecule has 1 aromatic carbocycles. The van der Waals surface area contributed by atoms with Crippen molar-refractivity contribution >= 4 is 17.3 Å². The topological polar surface area (TPSA) is 117 Å². The van der Waals surface area contributed by atoms with Crippen molar-refractivity contribution < 1.29 is 9.72 Å². The molecule has 1 heterocycles. The Bertz CT molecular complexity index is 655. The van der Waals surface area contributed by atoms with Crippen molar-refractivity contribution in [3.63, 3.8) is 0 Å². The molecule has 1 aromatic heterocycles. The van der Waals surface area contributed by atoms with Gasteiger partial charge in [0.2, 0.25) is 0 Å². The van der Waals surface area contributed by atoms with E-state index in [4.69, 9.17) is 0 Å². The Balaban J connectivity index is 2.30. The van der Waals surface area contributed by atoms with Crippen molar-refractivity contribution in [3.8, 4) is 0 Å². The molecule has 1 amide bonds. The fourth-order valence-corrected chi connectivity index (χ4v) is 1.83. The largest absolute Gasteiger partial charge is 0.388 e. The van der Waals surface area contributed by atoms with Crippen LogP contribution in [0.2, 0.25) is 0 Å². The van der Waals surface area contributed by atoms with E-state index in [1.807, 2.05) is 0 Å². The van der Waals surface area contributed by atoms with Gasteiger partial charge in [-0.05, 0) is 12.1 Å². The van der Waals surface area contributed by atoms with Crippen LogP contribution in [0.1, 0.15) is 16.2 Å². The van der Waals surface area contributed by atoms with Gasteiger partial charge in [0.05, 0.1) is 11.5 Å². The first-order valence-corrected chi connectivity index (χ1v) is 6.09. The van der Waals surface area contributed by atoms with E-state index in [-0.39, 0.29) is 17.8 Å². The van der Waals surface area contributed by atoms with Gasteiger partial charge in [0.1, 0.15) is 17.7 Å². The van der Waals surface area contributed by atoms with E-state index in [1.165, 1.54) is 23.4 Å². The second-order valence-corrected chi connectivity index (χ2v) is 4.33. The molecular formula is C12H14N6O3. The number of nitrogens with one attached hydrogen (secondary N) is 2. The van der Waals surface area contributed by atoms with Crippen LogP contribution < -0.4 is 5.32 Å². The van der Waals surface area contributed by atoms with Gasteiger partial charge in [0.15, 0.2) is 0 Å². The zero-order valence-corrected chi connectivity index (χ0v) is 11.5. The van der Waals surface area contributed by atoms with Crippen molar-refractivity contribution in [1.29, 1.82) is 0 Å². The van der Waals surface area contributed by atoms with Crippen molar-refractivity contribution in [1.82, 2.24) is 20.1 Å². The number of nitrogens with zero attached hydrogens (tertiary/aromatic N) is 4. The smallest absolute Gasteiger partial charge is 0.282 e. The van der Waals surface area contributed by atoms with E-state index in [0.717, 1.165) is 0 Å². The van der Waals surface area contributed by atoms with Gasteiger partial charge in [0, 0.05) is 25.8 Å². The summed E-state index contributed by atoms with van der Waals surface area (Å²) >= 11 is 0. The Hall–Kier alpha value is -2.97. The van der Waals surface area contributed by atoms with Gasteiger partial charge in [-0.3, -0.25) is 20.0 Å². The highest BCUT2D eigenvalue weighted by Gasteiger charge is 2.23. The van der Waals surface area contributed by atoms with Crippen LogP contribution in [-0.2, 0) is 6.54 Å². The lowest BCUT2D eigenvalue weighted by Crippen LogP contribution is -2.27. The highest BCUT2D eigenvalue weighted by Crippen LogP contribution is 2.24. The Labute approximate surface area is 120 Å². The maximum absolute atomic E-state index is 12.4. The SMILES string of the molecule is CNc1ccc([N+](=O)[O-])c(C(=O)N(C)Cc2ncn[nH]2)c1. The number of aromatic amines is 1. The van der Waals surface area contributed by atoms with E-state index in [1.54, 1.807) is 20.2 Å². The first-order valence-electron chi connectivity index (χ1n) is 6.09. The quantitative estimate of drug-likeness (QED) is 0.627. The predicted molar refractivity (Wildman–Crippen MR) is 74.8 cm³/mol. The molecule has 2 aromatic rings. The summed E-state index contributed by atoms with van der Waals surface area (Å²) in [6.45, 7) is 0.180. The number of anilines is 1. The standard InChI is InChI=1S/C12H14N6O3/c1-13-8-3-4-10(18(20)21)9(5-8)12(19)17(2)6-11-14-7-15-16-11/h3-5,7,13H,6H2,1-2H3,(H,14,15,16). The highest BCUT2D eigenvalue weighted by atomic mass is 16.6. The van der Waals surface area contributed by atoms with Gasteiger partial charge in [-0.1, -0.05) is 0 Å². The summed E-state index contributed by atoms with van der Waals surface area (Å²) in [5.41, 5.74) is 0.411. The molecule has 9 heteroatoms. The Kier molecular flexibility index (Phi) is 4.12. The third-order valence-corrected chi connectivity index (χ3v) is 2.91. The van der Waals surface area contributed by atoms with E-state index in [9.17, 15) is 14.9 Å². The molecule has 110 valence electrons. The third-order valence-electron chi connectivity index (χ3n) is 2.91. The Morgan fingerprint density at radius 2 is 2.29 bits per heavy atom. The van der Waals surface area contributed by atoms with Gasteiger partial charge >= 0.3 is 0 Å². The molecule has 0 bridgehead atoms. The van der Waals surface area contributed by atoms with E-state index >= 15 is 0 Å². The lowest BCUT2D eigenvalue weighted by atomic mass is 10.1. The summed E-state index contributed by atoms with van der Waals surface area (Å²) in [7, 11) is 3.22. The van der Waals surface area contributed by atoms with Crippen LogP contribution in [0.25, 0.3) is 0 Å². The molecule has 0 aliphatic rings. The Morgan fingerprint density at radius 3 is 2.86 bits per heavy atom. The summed E-state index contributed by atoms with van der Waals surface area (Å²) in [4.78, 5) is 28.1. The number of nitro benzene ring substituents is 1. The summed E-state index contributed by atoms with van der Waals surface area (Å²) < 4.78 is 0. The number of rotatable bonds is 5. The van der Waals surface area contributed by atoms with Crippen molar-refractivity contribution in [3.05, 3.63) is 46.0 Å². The second-order valence-electron chi connectivity index (χ2n) is 4.33. The molecule has 0 radical (unpaired) electrons. The first-order chi connectivity index (χ1) is 10.0. The lowest BCUT2D eigenvalue weighted by Gasteiger charge is -2.16. The lowest BCUT2D eigenvalue weighted by molar-refractivity contribution is -0.385. The molecule has 0 unspecified atom stereocenters. The molecular weight excluding hydrogens is 276 g/mol. The predicted octanol–water partition coefficient (Wildman–Crippen LogP) is 1.03. The number of aromatic nitrogens is 3. The first kappa shape index (κ1) is 14.4. The van der Waals surface area contributed by atoms with E-state index in [2.05, 4.69) is 20.5 Å². The minimum absolute atomic E-state index is 0.0221. The fraction of sp³-hybridized carbons (Fsp3) is 0.250. The van der Waals surface area contributed by atoms with Crippen LogP contribution in [0.15, 0.2) is 24.5 Å². The fourth-order valence-electron chi connectivity index (χ4n) is 1.83. The zero-order chi connectivity index (χ0) is 15.4. The molecule has 0 saturated heterocycles. The molecule has 0 aliphatic carbocycles. The summed E-state index contributed by atoms with van der Waals surface area (Å²) in [6, 6.07) is 4.31. The van der Waals surface area contributed by atoms with Crippen LogP contribution in [-0.4, -0.2) is 45.0 Å². The van der Waals surface area contributed by atoms with Crippen molar-refractivity contribution in [2.75, 3.05) is 19.4 Å². The average molecular weight is 290 g/mol. The van der Waals surface area contributed by atoms with Crippen LogP contribution in [0.5, 0.6) is 0 Å². The van der Waals surface area contributed by atoms with E-state index in [0.29, 0.717) is 11.5 Å². The average Bonchev–Trinajstić information content (AvgIpc) is 2.98. The minimum Gasteiger partial charge on any atom is -0.388 e. The minimum atomic E-state index is -0.574. The molecule has 0 spiro atoms. The maximum Gasteiger partial charge on any atom is 0.282 e. The number of nitro groups is 1. The number of hydrogen-bond donors (Lipinski definition) is 2. The van der Waals surface area contributed by atoms with Crippen molar-refractivity contribution in [2.45, 2.75) is 6.54 Å². The van der Waals surface area contributed by atoms with Crippen LogP contribution in [0.4, 0.5) is 11.4 Å². The maximum atomic E-state index is 12.4. The normalized spacial score (nSPS) is 10.2. The van der Waals surface area contributed by atoms with Gasteiger partial charge < -0.3 is 10.2 Å². The van der Waals surface area contributed by atoms with Crippen LogP contribution >= 0.6 is 0 Å². The molecule has 9 nitrogen and oxygen atoms in total. The van der Waals surface area contributed by atoms with Gasteiger partial charge in [-0.2, -0.15) is 5.10 Å². The van der Waals surface area contributed by atoms with E-state index < -0.39 is 10.8 Å². The zero-order valence-electron chi connectivity index (χ0n) is 11.5. The molecule has 2 rings (SSSR count). The summed E-state index contributed by atoms with van der Waals surface area (Å²) in [5, 5.41) is 20.2. The molecule has 0 atom stereocenters. The number of H-pyrrole nitrogens is 1. The highest BCUT2D eigenvalue weighted by molar-refractivity contribution is 5.98. The number of benzene rings is 1. The summed E-state index contributed by atoms with van der Waals surface area (Å²) in [6.07, 6.45) is 1.33. The molecule has 21 heavy (non-hydrogen) atoms. The van der Waals surface area contributed by atoms with Gasteiger partial charge in [0.25, 0.3) is 11.6 Å². The molecule has 0 fully saturated rings. The third kappa shape index (κ3) is 3.14. The van der Waals surface area contributed by atoms with Crippen molar-refractivity contribution in [2.24, 2.45) is 0 Å². The van der Waals surface area contributed by atoms with Gasteiger partial charge in [-0.25, -0.2) is 4.98 Å². The number of carbonyl (C=O) groups is 1. The monoisotopic (exact) mass is 290 g/mol. The Morgan fingerprint density at radius 1 is 1.52 bits per heavy atom. The molecule has 0 aliphatic heterocycles. The molecule has 0 saturated carbocycles. The number of carbonyl (C=O) groups excluding carboxylic acids is 1. The molecule has 2 N–H and O–H groups in total. The second kappa shape index (κ2) is 5.99.